The first-order valence-corrected chi connectivity index (χ1v) is 6.01. The number of nitrogens with zero attached hydrogens (tertiary/aromatic N) is 5. The van der Waals surface area contributed by atoms with Crippen LogP contribution in [0.5, 0.6) is 0 Å². The van der Waals surface area contributed by atoms with E-state index in [-0.39, 0.29) is 17.5 Å². The van der Waals surface area contributed by atoms with Crippen molar-refractivity contribution in [1.29, 1.82) is 15.8 Å². The van der Waals surface area contributed by atoms with E-state index in [4.69, 9.17) is 10.5 Å². The monoisotopic (exact) mass is 243 g/mol. The van der Waals surface area contributed by atoms with Crippen LogP contribution in [0.15, 0.2) is 11.3 Å². The molecule has 0 unspecified atom stereocenters. The Morgan fingerprint density at radius 3 is 2.33 bits per heavy atom. The fourth-order valence-electron chi connectivity index (χ4n) is 2.50. The topological polar surface area (TPSA) is 77.8 Å². The zero-order chi connectivity index (χ0) is 13.7. The largest absolute Gasteiger partial charge is 0.291 e. The molecule has 1 aliphatic rings. The Balaban J connectivity index is 3.29. The second-order valence-electron chi connectivity index (χ2n) is 4.54. The van der Waals surface area contributed by atoms with E-state index in [2.05, 4.69) is 13.0 Å². The quantitative estimate of drug-likeness (QED) is 0.706. The van der Waals surface area contributed by atoms with E-state index in [1.807, 2.05) is 26.2 Å². The minimum atomic E-state index is -0.289. The lowest BCUT2D eigenvalue weighted by molar-refractivity contribution is 0.0598. The molecule has 0 saturated carbocycles. The van der Waals surface area contributed by atoms with E-state index < -0.39 is 0 Å². The fourth-order valence-corrected chi connectivity index (χ4v) is 2.50. The first kappa shape index (κ1) is 14.0. The molecular formula is C13H17N5. The lowest BCUT2D eigenvalue weighted by Crippen LogP contribution is -2.39. The Hall–Kier alpha value is -2.03. The molecular weight excluding hydrogens is 226 g/mol. The van der Waals surface area contributed by atoms with Gasteiger partial charge < -0.3 is 0 Å². The van der Waals surface area contributed by atoms with Gasteiger partial charge in [-0.3, -0.25) is 5.01 Å². The van der Waals surface area contributed by atoms with Crippen molar-refractivity contribution in [2.75, 3.05) is 14.1 Å². The van der Waals surface area contributed by atoms with Gasteiger partial charge in [-0.25, -0.2) is 5.01 Å². The lowest BCUT2D eigenvalue weighted by atomic mass is 9.95. The van der Waals surface area contributed by atoms with E-state index in [0.717, 1.165) is 12.8 Å². The van der Waals surface area contributed by atoms with Crippen molar-refractivity contribution in [2.24, 2.45) is 5.92 Å². The predicted octanol–water partition coefficient (Wildman–Crippen LogP) is 1.78. The molecule has 0 spiro atoms. The molecule has 0 aromatic carbocycles. The van der Waals surface area contributed by atoms with Crippen molar-refractivity contribution in [2.45, 2.75) is 32.2 Å². The molecule has 94 valence electrons. The molecule has 0 N–H and O–H groups in total. The Kier molecular flexibility index (Phi) is 4.72. The summed E-state index contributed by atoms with van der Waals surface area (Å²) in [5.74, 6) is 0.122. The average Bonchev–Trinajstić information content (AvgIpc) is 2.70. The zero-order valence-electron chi connectivity index (χ0n) is 11.0. The van der Waals surface area contributed by atoms with Gasteiger partial charge in [0.05, 0.1) is 11.8 Å². The van der Waals surface area contributed by atoms with Gasteiger partial charge in [0.15, 0.2) is 0 Å². The molecule has 5 heteroatoms. The minimum Gasteiger partial charge on any atom is -0.291 e. The number of allylic oxidation sites excluding steroid dienone is 2. The van der Waals surface area contributed by atoms with Crippen molar-refractivity contribution >= 4 is 0 Å². The predicted molar refractivity (Wildman–Crippen MR) is 66.2 cm³/mol. The molecule has 0 aliphatic carbocycles. The number of hydrogen-bond donors (Lipinski definition) is 0. The molecule has 0 amide bonds. The zero-order valence-corrected chi connectivity index (χ0v) is 11.0. The van der Waals surface area contributed by atoms with Gasteiger partial charge in [-0.05, 0) is 12.8 Å². The summed E-state index contributed by atoms with van der Waals surface area (Å²) in [7, 11) is 3.65. The van der Waals surface area contributed by atoms with Crippen molar-refractivity contribution in [3.63, 3.8) is 0 Å². The molecule has 5 nitrogen and oxygen atoms in total. The highest BCUT2D eigenvalue weighted by atomic mass is 15.6. The summed E-state index contributed by atoms with van der Waals surface area (Å²) in [5.41, 5.74) is 0.832. The van der Waals surface area contributed by atoms with Crippen LogP contribution in [0.25, 0.3) is 0 Å². The summed E-state index contributed by atoms with van der Waals surface area (Å²) >= 11 is 0. The van der Waals surface area contributed by atoms with Crippen LogP contribution in [0.2, 0.25) is 0 Å². The van der Waals surface area contributed by atoms with Crippen molar-refractivity contribution in [1.82, 2.24) is 10.0 Å². The number of hydrazine groups is 1. The highest BCUT2D eigenvalue weighted by Gasteiger charge is 2.39. The molecule has 1 fully saturated rings. The molecule has 1 saturated heterocycles. The van der Waals surface area contributed by atoms with Gasteiger partial charge in [-0.1, -0.05) is 13.3 Å². The standard InChI is InChI=1S/C13H17N5/c1-4-5-10-6-12(9-16)18(17(2)3)13(10)11(7-14)8-15/h10,12H,4-6H2,1-3H3/t10-,12+/m1/s1. The molecule has 2 atom stereocenters. The van der Waals surface area contributed by atoms with Crippen LogP contribution in [0.4, 0.5) is 0 Å². The molecule has 1 heterocycles. The van der Waals surface area contributed by atoms with E-state index in [0.29, 0.717) is 12.1 Å². The van der Waals surface area contributed by atoms with E-state index in [9.17, 15) is 5.26 Å². The Bertz CT molecular complexity index is 441. The average molecular weight is 243 g/mol. The summed E-state index contributed by atoms with van der Waals surface area (Å²) in [6.07, 6.45) is 2.55. The van der Waals surface area contributed by atoms with Crippen LogP contribution in [-0.4, -0.2) is 30.2 Å². The number of nitriles is 3. The summed E-state index contributed by atoms with van der Waals surface area (Å²) in [4.78, 5) is 0. The smallest absolute Gasteiger partial charge is 0.150 e. The summed E-state index contributed by atoms with van der Waals surface area (Å²) in [6.45, 7) is 2.07. The second kappa shape index (κ2) is 6.05. The molecule has 0 bridgehead atoms. The Morgan fingerprint density at radius 2 is 1.94 bits per heavy atom. The fraction of sp³-hybridized carbons (Fsp3) is 0.615. The molecule has 0 aromatic rings. The van der Waals surface area contributed by atoms with E-state index in [1.54, 1.807) is 10.0 Å². The molecule has 18 heavy (non-hydrogen) atoms. The molecule has 0 aromatic heterocycles. The van der Waals surface area contributed by atoms with E-state index >= 15 is 0 Å². The first-order valence-electron chi connectivity index (χ1n) is 6.01. The highest BCUT2D eigenvalue weighted by Crippen LogP contribution is 2.38. The first-order chi connectivity index (χ1) is 8.60. The van der Waals surface area contributed by atoms with Gasteiger partial charge in [0, 0.05) is 20.0 Å². The highest BCUT2D eigenvalue weighted by molar-refractivity contribution is 5.42. The Morgan fingerprint density at radius 1 is 1.33 bits per heavy atom. The van der Waals surface area contributed by atoms with Crippen LogP contribution in [0, 0.1) is 39.9 Å². The maximum atomic E-state index is 9.21. The van der Waals surface area contributed by atoms with Gasteiger partial charge in [0.25, 0.3) is 0 Å². The molecule has 1 aliphatic heterocycles. The third-order valence-corrected chi connectivity index (χ3v) is 3.13. The van der Waals surface area contributed by atoms with Crippen LogP contribution < -0.4 is 0 Å². The van der Waals surface area contributed by atoms with Crippen LogP contribution >= 0.6 is 0 Å². The van der Waals surface area contributed by atoms with Crippen LogP contribution in [0.1, 0.15) is 26.2 Å². The van der Waals surface area contributed by atoms with Gasteiger partial charge in [-0.2, -0.15) is 15.8 Å². The third-order valence-electron chi connectivity index (χ3n) is 3.13. The summed E-state index contributed by atoms with van der Waals surface area (Å²) in [5, 5.41) is 30.9. The lowest BCUT2D eigenvalue weighted by Gasteiger charge is -2.31. The van der Waals surface area contributed by atoms with Crippen LogP contribution in [0.3, 0.4) is 0 Å². The maximum Gasteiger partial charge on any atom is 0.150 e. The van der Waals surface area contributed by atoms with Crippen LogP contribution in [-0.2, 0) is 0 Å². The van der Waals surface area contributed by atoms with Gasteiger partial charge in [0.1, 0.15) is 23.8 Å². The number of rotatable bonds is 3. The summed E-state index contributed by atoms with van der Waals surface area (Å²) in [6, 6.07) is 5.86. The summed E-state index contributed by atoms with van der Waals surface area (Å²) < 4.78 is 0. The van der Waals surface area contributed by atoms with Crippen molar-refractivity contribution in [3.8, 4) is 18.2 Å². The minimum absolute atomic E-state index is 0.122. The van der Waals surface area contributed by atoms with Gasteiger partial charge >= 0.3 is 0 Å². The maximum absolute atomic E-state index is 9.21. The van der Waals surface area contributed by atoms with E-state index in [1.165, 1.54) is 0 Å². The van der Waals surface area contributed by atoms with Crippen molar-refractivity contribution < 1.29 is 0 Å². The molecule has 0 radical (unpaired) electrons. The normalized spacial score (nSPS) is 22.5. The van der Waals surface area contributed by atoms with Crippen molar-refractivity contribution in [3.05, 3.63) is 11.3 Å². The third kappa shape index (κ3) is 2.45. The van der Waals surface area contributed by atoms with Gasteiger partial charge in [0.2, 0.25) is 0 Å². The second-order valence-corrected chi connectivity index (χ2v) is 4.54. The molecule has 1 rings (SSSR count). The van der Waals surface area contributed by atoms with Gasteiger partial charge in [-0.15, -0.1) is 0 Å². The number of hydrogen-bond acceptors (Lipinski definition) is 5. The SMILES string of the molecule is CCC[C@@H]1C[C@@H](C#N)N(N(C)C)C1=C(C#N)C#N. The Labute approximate surface area is 108 Å².